The monoisotopic (exact) mass is 263 g/mol. The van der Waals surface area contributed by atoms with E-state index in [4.69, 9.17) is 5.73 Å². The van der Waals surface area contributed by atoms with E-state index in [2.05, 4.69) is 5.32 Å². The van der Waals surface area contributed by atoms with Crippen molar-refractivity contribution in [3.63, 3.8) is 0 Å². The Kier molecular flexibility index (Phi) is 5.36. The average molecular weight is 263 g/mol. The third-order valence-corrected chi connectivity index (χ3v) is 2.64. The first-order valence-corrected chi connectivity index (χ1v) is 6.28. The molecule has 0 saturated carbocycles. The van der Waals surface area contributed by atoms with E-state index in [1.54, 1.807) is 36.2 Å². The van der Waals surface area contributed by atoms with Crippen molar-refractivity contribution in [3.05, 3.63) is 29.8 Å². The number of hydrogen-bond donors (Lipinski definition) is 2. The maximum Gasteiger partial charge on any atom is 0.251 e. The lowest BCUT2D eigenvalue weighted by Gasteiger charge is -2.19. The van der Waals surface area contributed by atoms with Crippen molar-refractivity contribution in [1.82, 2.24) is 10.2 Å². The topological polar surface area (TPSA) is 75.4 Å². The molecule has 0 atom stereocenters. The molecule has 2 amide bonds. The maximum absolute atomic E-state index is 11.8. The predicted octanol–water partition coefficient (Wildman–Crippen LogP) is 1.11. The minimum absolute atomic E-state index is 0.00638. The van der Waals surface area contributed by atoms with Gasteiger partial charge >= 0.3 is 0 Å². The van der Waals surface area contributed by atoms with Crippen molar-refractivity contribution in [3.8, 4) is 0 Å². The van der Waals surface area contributed by atoms with Gasteiger partial charge in [0.05, 0.1) is 6.54 Å². The highest BCUT2D eigenvalue weighted by Gasteiger charge is 2.12. The van der Waals surface area contributed by atoms with Crippen LogP contribution in [0.3, 0.4) is 0 Å². The first-order valence-electron chi connectivity index (χ1n) is 6.28. The van der Waals surface area contributed by atoms with Crippen molar-refractivity contribution in [2.75, 3.05) is 25.9 Å². The summed E-state index contributed by atoms with van der Waals surface area (Å²) in [6.45, 7) is 4.76. The Balaban J connectivity index is 2.46. The van der Waals surface area contributed by atoms with Crippen LogP contribution >= 0.6 is 0 Å². The molecule has 19 heavy (non-hydrogen) atoms. The van der Waals surface area contributed by atoms with Gasteiger partial charge in [-0.3, -0.25) is 9.59 Å². The molecule has 1 rings (SSSR count). The van der Waals surface area contributed by atoms with Gasteiger partial charge in [-0.2, -0.15) is 0 Å². The van der Waals surface area contributed by atoms with Crippen LogP contribution in [0, 0.1) is 5.92 Å². The van der Waals surface area contributed by atoms with Gasteiger partial charge in [0.2, 0.25) is 5.91 Å². The molecule has 0 saturated heterocycles. The van der Waals surface area contributed by atoms with Crippen molar-refractivity contribution >= 4 is 17.5 Å². The fraction of sp³-hybridized carbons (Fsp3) is 0.429. The van der Waals surface area contributed by atoms with Crippen LogP contribution in [0.1, 0.15) is 24.2 Å². The summed E-state index contributed by atoms with van der Waals surface area (Å²) in [6.07, 6.45) is 0. The number of rotatable bonds is 5. The molecule has 0 spiro atoms. The van der Waals surface area contributed by atoms with Gasteiger partial charge in [0.25, 0.3) is 5.91 Å². The van der Waals surface area contributed by atoms with E-state index in [9.17, 15) is 9.59 Å². The van der Waals surface area contributed by atoms with E-state index in [-0.39, 0.29) is 18.4 Å². The number of carbonyl (C=O) groups is 2. The highest BCUT2D eigenvalue weighted by atomic mass is 16.2. The van der Waals surface area contributed by atoms with E-state index in [0.29, 0.717) is 23.7 Å². The number of nitrogens with two attached hydrogens (primary N) is 1. The van der Waals surface area contributed by atoms with Crippen LogP contribution in [-0.4, -0.2) is 36.9 Å². The molecule has 0 aromatic heterocycles. The first kappa shape index (κ1) is 15.0. The highest BCUT2D eigenvalue weighted by Crippen LogP contribution is 2.05. The van der Waals surface area contributed by atoms with Gasteiger partial charge in [-0.1, -0.05) is 13.8 Å². The van der Waals surface area contributed by atoms with E-state index >= 15 is 0 Å². The molecule has 5 nitrogen and oxygen atoms in total. The number of hydrogen-bond acceptors (Lipinski definition) is 3. The molecule has 0 bridgehead atoms. The van der Waals surface area contributed by atoms with E-state index in [0.717, 1.165) is 0 Å². The second-order valence-corrected chi connectivity index (χ2v) is 4.97. The van der Waals surface area contributed by atoms with Crippen LogP contribution < -0.4 is 11.1 Å². The van der Waals surface area contributed by atoms with Gasteiger partial charge in [0.15, 0.2) is 0 Å². The first-order chi connectivity index (χ1) is 8.90. The van der Waals surface area contributed by atoms with E-state index in [1.165, 1.54) is 0 Å². The Labute approximate surface area is 113 Å². The molecule has 0 fully saturated rings. The minimum atomic E-state index is -0.272. The fourth-order valence-corrected chi connectivity index (χ4v) is 1.68. The van der Waals surface area contributed by atoms with Crippen LogP contribution in [0.5, 0.6) is 0 Å². The largest absolute Gasteiger partial charge is 0.399 e. The molecule has 104 valence electrons. The van der Waals surface area contributed by atoms with Gasteiger partial charge in [-0.25, -0.2) is 0 Å². The molecule has 0 heterocycles. The van der Waals surface area contributed by atoms with Gasteiger partial charge in [-0.15, -0.1) is 0 Å². The minimum Gasteiger partial charge on any atom is -0.399 e. The SMILES string of the molecule is CC(C)CN(C)C(=O)CNC(=O)c1ccc(N)cc1. The molecule has 0 aliphatic carbocycles. The number of nitrogens with one attached hydrogen (secondary N) is 1. The number of nitrogen functional groups attached to an aromatic ring is 1. The van der Waals surface area contributed by atoms with Crippen LogP contribution in [0.15, 0.2) is 24.3 Å². The average Bonchev–Trinajstić information content (AvgIpc) is 2.35. The molecule has 0 radical (unpaired) electrons. The molecule has 0 aliphatic heterocycles. The van der Waals surface area contributed by atoms with Crippen molar-refractivity contribution < 1.29 is 9.59 Å². The molecule has 0 unspecified atom stereocenters. The second-order valence-electron chi connectivity index (χ2n) is 4.97. The number of nitrogens with zero attached hydrogens (tertiary/aromatic N) is 1. The van der Waals surface area contributed by atoms with E-state index in [1.807, 2.05) is 13.8 Å². The Bertz CT molecular complexity index is 441. The van der Waals surface area contributed by atoms with Crippen LogP contribution in [-0.2, 0) is 4.79 Å². The summed E-state index contributed by atoms with van der Waals surface area (Å²) in [4.78, 5) is 25.2. The zero-order valence-electron chi connectivity index (χ0n) is 11.6. The molecular weight excluding hydrogens is 242 g/mol. The Morgan fingerprint density at radius 1 is 1.26 bits per heavy atom. The van der Waals surface area contributed by atoms with Crippen molar-refractivity contribution in [2.45, 2.75) is 13.8 Å². The van der Waals surface area contributed by atoms with E-state index < -0.39 is 0 Å². The Morgan fingerprint density at radius 2 is 1.84 bits per heavy atom. The summed E-state index contributed by atoms with van der Waals surface area (Å²) in [7, 11) is 1.73. The van der Waals surface area contributed by atoms with Crippen LogP contribution in [0.4, 0.5) is 5.69 Å². The van der Waals surface area contributed by atoms with Gasteiger partial charge in [-0.05, 0) is 30.2 Å². The third kappa shape index (κ3) is 4.99. The lowest BCUT2D eigenvalue weighted by atomic mass is 10.2. The highest BCUT2D eigenvalue weighted by molar-refractivity contribution is 5.96. The molecule has 5 heteroatoms. The normalized spacial score (nSPS) is 10.3. The molecule has 3 N–H and O–H groups in total. The van der Waals surface area contributed by atoms with Crippen LogP contribution in [0.2, 0.25) is 0 Å². The summed E-state index contributed by atoms with van der Waals surface area (Å²) in [5, 5.41) is 2.60. The van der Waals surface area contributed by atoms with Crippen LogP contribution in [0.25, 0.3) is 0 Å². The lowest BCUT2D eigenvalue weighted by molar-refractivity contribution is -0.129. The number of amides is 2. The standard InChI is InChI=1S/C14H21N3O2/c1-10(2)9-17(3)13(18)8-16-14(19)11-4-6-12(15)7-5-11/h4-7,10H,8-9,15H2,1-3H3,(H,16,19). The van der Waals surface area contributed by atoms with Crippen molar-refractivity contribution in [2.24, 2.45) is 5.92 Å². The number of benzene rings is 1. The second kappa shape index (κ2) is 6.78. The Morgan fingerprint density at radius 3 is 2.37 bits per heavy atom. The summed E-state index contributed by atoms with van der Waals surface area (Å²) in [6, 6.07) is 6.57. The summed E-state index contributed by atoms with van der Waals surface area (Å²) in [5.74, 6) is 0.0329. The molecule has 0 aliphatic rings. The van der Waals surface area contributed by atoms with Gasteiger partial charge in [0.1, 0.15) is 0 Å². The summed E-state index contributed by atoms with van der Waals surface area (Å²) in [5.41, 5.74) is 6.64. The number of anilines is 1. The third-order valence-electron chi connectivity index (χ3n) is 2.64. The smallest absolute Gasteiger partial charge is 0.251 e. The Hall–Kier alpha value is -2.04. The zero-order valence-corrected chi connectivity index (χ0v) is 11.6. The number of carbonyl (C=O) groups excluding carboxylic acids is 2. The summed E-state index contributed by atoms with van der Waals surface area (Å²) < 4.78 is 0. The fourth-order valence-electron chi connectivity index (χ4n) is 1.68. The van der Waals surface area contributed by atoms with Gasteiger partial charge in [0, 0.05) is 24.8 Å². The number of likely N-dealkylation sites (N-methyl/N-ethyl adjacent to an activating group) is 1. The summed E-state index contributed by atoms with van der Waals surface area (Å²) >= 11 is 0. The van der Waals surface area contributed by atoms with Gasteiger partial charge < -0.3 is 16.0 Å². The quantitative estimate of drug-likeness (QED) is 0.781. The molecule has 1 aromatic carbocycles. The maximum atomic E-state index is 11.8. The molecular formula is C14H21N3O2. The van der Waals surface area contributed by atoms with Crippen molar-refractivity contribution in [1.29, 1.82) is 0 Å². The lowest BCUT2D eigenvalue weighted by Crippen LogP contribution is -2.39. The zero-order chi connectivity index (χ0) is 14.4. The molecule has 1 aromatic rings. The predicted molar refractivity (Wildman–Crippen MR) is 75.7 cm³/mol.